The fraction of sp³-hybridized carbons (Fsp3) is 0.677. The van der Waals surface area contributed by atoms with E-state index in [2.05, 4.69) is 0 Å². The van der Waals surface area contributed by atoms with E-state index >= 15 is 0 Å². The number of esters is 4. The Morgan fingerprint density at radius 2 is 1.35 bits per heavy atom. The smallest absolute Gasteiger partial charge is 0.326 e. The number of nitrogens with two attached hydrogens (primary N) is 1. The molecule has 1 aromatic rings. The van der Waals surface area contributed by atoms with Gasteiger partial charge in [-0.15, -0.1) is 0 Å². The van der Waals surface area contributed by atoms with Crippen LogP contribution in [0.3, 0.4) is 0 Å². The van der Waals surface area contributed by atoms with Gasteiger partial charge in [0.05, 0.1) is 24.9 Å². The number of benzene rings is 1. The van der Waals surface area contributed by atoms with E-state index in [1.807, 2.05) is 34.6 Å². The molecular weight excluding hydrogens is 514 g/mol. The normalized spacial score (nSPS) is 15.9. The lowest BCUT2D eigenvalue weighted by molar-refractivity contribution is -0.157. The summed E-state index contributed by atoms with van der Waals surface area (Å²) in [4.78, 5) is 50.8. The molecule has 5 atom stereocenters. The van der Waals surface area contributed by atoms with E-state index in [0.717, 1.165) is 6.42 Å². The molecule has 40 heavy (non-hydrogen) atoms. The first-order valence-electron chi connectivity index (χ1n) is 14.2. The van der Waals surface area contributed by atoms with Gasteiger partial charge in [-0.25, -0.2) is 0 Å². The zero-order valence-electron chi connectivity index (χ0n) is 25.9. The van der Waals surface area contributed by atoms with Crippen molar-refractivity contribution in [1.82, 2.24) is 0 Å². The molecule has 0 radical (unpaired) electrons. The lowest BCUT2D eigenvalue weighted by Gasteiger charge is -2.30. The van der Waals surface area contributed by atoms with Crippen LogP contribution in [0.15, 0.2) is 18.2 Å². The van der Waals surface area contributed by atoms with Crippen LogP contribution in [0.1, 0.15) is 87.1 Å². The fourth-order valence-corrected chi connectivity index (χ4v) is 3.99. The Kier molecular flexibility index (Phi) is 13.8. The SMILES string of the molecule is CCCC(C)C(=O)OC(C)C[C@@](N)(Cc1ccc(OC(=O)C(C)C(C)C)c(OC(=O)C(C)C(C)C)c1)C(=O)OC. The van der Waals surface area contributed by atoms with E-state index in [1.54, 1.807) is 33.8 Å². The Morgan fingerprint density at radius 3 is 1.82 bits per heavy atom. The van der Waals surface area contributed by atoms with Crippen LogP contribution in [0.2, 0.25) is 0 Å². The van der Waals surface area contributed by atoms with Crippen LogP contribution in [-0.2, 0) is 35.1 Å². The van der Waals surface area contributed by atoms with Crippen LogP contribution in [0.25, 0.3) is 0 Å². The molecule has 4 unspecified atom stereocenters. The zero-order chi connectivity index (χ0) is 30.8. The second-order valence-corrected chi connectivity index (χ2v) is 11.7. The van der Waals surface area contributed by atoms with Gasteiger partial charge in [0.15, 0.2) is 11.5 Å². The summed E-state index contributed by atoms with van der Waals surface area (Å²) in [7, 11) is 1.24. The number of methoxy groups -OCH3 is 1. The predicted octanol–water partition coefficient (Wildman–Crippen LogP) is 5.25. The molecule has 0 aliphatic rings. The second kappa shape index (κ2) is 15.7. The van der Waals surface area contributed by atoms with Crippen molar-refractivity contribution in [3.05, 3.63) is 23.8 Å². The minimum absolute atomic E-state index is 0.00635. The highest BCUT2D eigenvalue weighted by Crippen LogP contribution is 2.33. The lowest BCUT2D eigenvalue weighted by Crippen LogP contribution is -2.53. The number of rotatable bonds is 15. The summed E-state index contributed by atoms with van der Waals surface area (Å²) in [6, 6.07) is 4.71. The Balaban J connectivity index is 3.34. The third-order valence-corrected chi connectivity index (χ3v) is 7.38. The van der Waals surface area contributed by atoms with Gasteiger partial charge in [-0.3, -0.25) is 19.2 Å². The van der Waals surface area contributed by atoms with Crippen molar-refractivity contribution >= 4 is 23.9 Å². The number of ether oxygens (including phenoxy) is 4. The van der Waals surface area contributed by atoms with Crippen LogP contribution in [-0.4, -0.2) is 42.6 Å². The van der Waals surface area contributed by atoms with Crippen molar-refractivity contribution in [2.45, 2.75) is 99.6 Å². The molecule has 0 fully saturated rings. The van der Waals surface area contributed by atoms with Crippen LogP contribution in [0.5, 0.6) is 11.5 Å². The van der Waals surface area contributed by atoms with E-state index in [1.165, 1.54) is 19.2 Å². The minimum Gasteiger partial charge on any atom is -0.468 e. The van der Waals surface area contributed by atoms with Crippen molar-refractivity contribution in [3.8, 4) is 11.5 Å². The van der Waals surface area contributed by atoms with Crippen molar-refractivity contribution < 1.29 is 38.1 Å². The highest BCUT2D eigenvalue weighted by molar-refractivity contribution is 5.82. The number of hydrogen-bond acceptors (Lipinski definition) is 9. The summed E-state index contributed by atoms with van der Waals surface area (Å²) in [6.45, 7) is 16.6. The summed E-state index contributed by atoms with van der Waals surface area (Å²) >= 11 is 0. The van der Waals surface area contributed by atoms with Gasteiger partial charge in [0.25, 0.3) is 0 Å². The zero-order valence-corrected chi connectivity index (χ0v) is 25.9. The van der Waals surface area contributed by atoms with Crippen LogP contribution in [0, 0.1) is 29.6 Å². The molecule has 1 aromatic carbocycles. The Hall–Kier alpha value is -2.94. The largest absolute Gasteiger partial charge is 0.468 e. The molecule has 0 spiro atoms. The number of carbonyl (C=O) groups excluding carboxylic acids is 4. The molecule has 0 saturated heterocycles. The first kappa shape index (κ1) is 35.1. The number of carbonyl (C=O) groups is 4. The third kappa shape index (κ3) is 10.2. The molecular formula is C31H49NO8. The standard InChI is InChI=1S/C31H49NO8/c1-11-12-20(6)27(33)38-21(7)16-31(32,30(36)37-10)17-24-13-14-25(39-28(34)22(8)18(2)3)26(15-24)40-29(35)23(9)19(4)5/h13-15,18-23H,11-12,16-17,32H2,1-10H3/t20?,21?,22?,23?,31-/m1/s1. The molecule has 9 heteroatoms. The van der Waals surface area contributed by atoms with Crippen LogP contribution >= 0.6 is 0 Å². The van der Waals surface area contributed by atoms with Crippen molar-refractivity contribution in [2.75, 3.05) is 7.11 Å². The molecule has 9 nitrogen and oxygen atoms in total. The quantitative estimate of drug-likeness (QED) is 0.224. The van der Waals surface area contributed by atoms with E-state index < -0.39 is 35.5 Å². The Labute approximate surface area is 239 Å². The van der Waals surface area contributed by atoms with Gasteiger partial charge in [0, 0.05) is 12.8 Å². The molecule has 0 aliphatic heterocycles. The molecule has 0 amide bonds. The first-order chi connectivity index (χ1) is 18.6. The highest BCUT2D eigenvalue weighted by atomic mass is 16.6. The topological polar surface area (TPSA) is 131 Å². The Bertz CT molecular complexity index is 1020. The van der Waals surface area contributed by atoms with Crippen molar-refractivity contribution in [3.63, 3.8) is 0 Å². The minimum atomic E-state index is -1.54. The van der Waals surface area contributed by atoms with E-state index in [-0.39, 0.29) is 54.0 Å². The van der Waals surface area contributed by atoms with Gasteiger partial charge in [0.1, 0.15) is 11.6 Å². The van der Waals surface area contributed by atoms with E-state index in [4.69, 9.17) is 24.7 Å². The summed E-state index contributed by atoms with van der Waals surface area (Å²) in [6.07, 6.45) is 0.885. The predicted molar refractivity (Wildman–Crippen MR) is 153 cm³/mol. The van der Waals surface area contributed by atoms with Crippen LogP contribution in [0.4, 0.5) is 0 Å². The fourth-order valence-electron chi connectivity index (χ4n) is 3.99. The van der Waals surface area contributed by atoms with Gasteiger partial charge in [-0.2, -0.15) is 0 Å². The highest BCUT2D eigenvalue weighted by Gasteiger charge is 2.38. The molecule has 0 aromatic heterocycles. The Morgan fingerprint density at radius 1 is 0.825 bits per heavy atom. The summed E-state index contributed by atoms with van der Waals surface area (Å²) in [5, 5.41) is 0. The molecule has 2 N–H and O–H groups in total. The molecule has 226 valence electrons. The molecule has 1 rings (SSSR count). The summed E-state index contributed by atoms with van der Waals surface area (Å²) in [5.74, 6) is -2.77. The molecule has 0 aliphatic carbocycles. The van der Waals surface area contributed by atoms with E-state index in [9.17, 15) is 19.2 Å². The van der Waals surface area contributed by atoms with E-state index in [0.29, 0.717) is 12.0 Å². The van der Waals surface area contributed by atoms with Gasteiger partial charge in [0.2, 0.25) is 0 Å². The van der Waals surface area contributed by atoms with Crippen molar-refractivity contribution in [1.29, 1.82) is 0 Å². The van der Waals surface area contributed by atoms with Gasteiger partial charge >= 0.3 is 23.9 Å². The first-order valence-corrected chi connectivity index (χ1v) is 14.2. The molecule has 0 bridgehead atoms. The summed E-state index contributed by atoms with van der Waals surface area (Å²) < 4.78 is 21.9. The average Bonchev–Trinajstić information content (AvgIpc) is 2.88. The maximum absolute atomic E-state index is 12.8. The van der Waals surface area contributed by atoms with Crippen LogP contribution < -0.4 is 15.2 Å². The maximum Gasteiger partial charge on any atom is 0.326 e. The third-order valence-electron chi connectivity index (χ3n) is 7.38. The lowest BCUT2D eigenvalue weighted by atomic mass is 9.86. The van der Waals surface area contributed by atoms with Crippen molar-refractivity contribution in [2.24, 2.45) is 35.3 Å². The van der Waals surface area contributed by atoms with Gasteiger partial charge in [-0.05, 0) is 42.9 Å². The molecule has 0 heterocycles. The number of hydrogen-bond donors (Lipinski definition) is 1. The molecule has 0 saturated carbocycles. The second-order valence-electron chi connectivity index (χ2n) is 11.7. The van der Waals surface area contributed by atoms with Gasteiger partial charge in [-0.1, -0.05) is 67.9 Å². The summed E-state index contributed by atoms with van der Waals surface area (Å²) in [5.41, 5.74) is 5.57. The maximum atomic E-state index is 12.8. The van der Waals surface area contributed by atoms with Gasteiger partial charge < -0.3 is 24.7 Å². The monoisotopic (exact) mass is 563 g/mol. The average molecular weight is 564 g/mol.